The molecular formula is C21H17IN2O7. The number of ether oxygens (including phenoxy) is 2. The van der Waals surface area contributed by atoms with E-state index >= 15 is 0 Å². The summed E-state index contributed by atoms with van der Waals surface area (Å²) < 4.78 is 10.5. The highest BCUT2D eigenvalue weighted by Crippen LogP contribution is 2.33. The van der Waals surface area contributed by atoms with Gasteiger partial charge in [0.1, 0.15) is 5.57 Å². The number of nitrogens with zero attached hydrogens (tertiary/aromatic N) is 1. The molecule has 4 amide bonds. The molecule has 2 aromatic carbocycles. The topological polar surface area (TPSA) is 122 Å². The van der Waals surface area contributed by atoms with Crippen LogP contribution in [0, 0.1) is 3.57 Å². The number of anilines is 1. The molecule has 1 heterocycles. The molecule has 0 atom stereocenters. The fourth-order valence-electron chi connectivity index (χ4n) is 2.85. The summed E-state index contributed by atoms with van der Waals surface area (Å²) in [6, 6.07) is 7.75. The fourth-order valence-corrected chi connectivity index (χ4v) is 3.48. The molecule has 3 rings (SSSR count). The molecule has 0 aliphatic carbocycles. The number of urea groups is 1. The van der Waals surface area contributed by atoms with Crippen LogP contribution in [0.25, 0.3) is 6.08 Å². The molecule has 9 nitrogen and oxygen atoms in total. The minimum atomic E-state index is -0.908. The second-order valence-corrected chi connectivity index (χ2v) is 7.44. The van der Waals surface area contributed by atoms with Crippen molar-refractivity contribution in [3.8, 4) is 11.5 Å². The maximum atomic E-state index is 13.0. The number of benzene rings is 2. The first-order valence-electron chi connectivity index (χ1n) is 9.02. The molecule has 31 heavy (non-hydrogen) atoms. The van der Waals surface area contributed by atoms with Crippen LogP contribution in [-0.2, 0) is 14.3 Å². The third-order valence-electron chi connectivity index (χ3n) is 4.32. The third kappa shape index (κ3) is 4.53. The molecule has 0 aromatic heterocycles. The van der Waals surface area contributed by atoms with Crippen LogP contribution in [0.3, 0.4) is 0 Å². The first-order chi connectivity index (χ1) is 14.8. The summed E-state index contributed by atoms with van der Waals surface area (Å²) in [5.74, 6) is -2.11. The van der Waals surface area contributed by atoms with E-state index in [1.165, 1.54) is 43.5 Å². The fraction of sp³-hybridized carbons (Fsp3) is 0.143. The molecule has 0 unspecified atom stereocenters. The van der Waals surface area contributed by atoms with Crippen molar-refractivity contribution in [1.29, 1.82) is 0 Å². The molecular weight excluding hydrogens is 519 g/mol. The number of hydrogen-bond acceptors (Lipinski definition) is 7. The Morgan fingerprint density at radius 2 is 1.87 bits per heavy atom. The van der Waals surface area contributed by atoms with E-state index in [2.05, 4.69) is 5.32 Å². The van der Waals surface area contributed by atoms with Gasteiger partial charge in [-0.25, -0.2) is 14.5 Å². The number of nitrogens with one attached hydrogen (secondary N) is 1. The van der Waals surface area contributed by atoms with Crippen LogP contribution in [-0.4, -0.2) is 42.6 Å². The molecule has 1 aliphatic heterocycles. The number of esters is 1. The van der Waals surface area contributed by atoms with Crippen molar-refractivity contribution in [3.05, 3.63) is 56.7 Å². The van der Waals surface area contributed by atoms with Gasteiger partial charge in [0.25, 0.3) is 11.8 Å². The van der Waals surface area contributed by atoms with Crippen LogP contribution in [0.1, 0.15) is 22.8 Å². The van der Waals surface area contributed by atoms with Gasteiger partial charge < -0.3 is 14.6 Å². The van der Waals surface area contributed by atoms with Gasteiger partial charge in [0, 0.05) is 0 Å². The number of aromatic hydroxyl groups is 1. The van der Waals surface area contributed by atoms with Crippen molar-refractivity contribution in [3.63, 3.8) is 0 Å². The first kappa shape index (κ1) is 22.3. The van der Waals surface area contributed by atoms with Gasteiger partial charge in [-0.05, 0) is 77.6 Å². The second kappa shape index (κ2) is 9.16. The molecule has 10 heteroatoms. The minimum Gasteiger partial charge on any atom is -0.504 e. The van der Waals surface area contributed by atoms with Gasteiger partial charge in [-0.1, -0.05) is 0 Å². The van der Waals surface area contributed by atoms with Crippen molar-refractivity contribution in [2.75, 3.05) is 18.6 Å². The lowest BCUT2D eigenvalue weighted by atomic mass is 10.1. The summed E-state index contributed by atoms with van der Waals surface area (Å²) >= 11 is 1.89. The van der Waals surface area contributed by atoms with Crippen molar-refractivity contribution in [2.24, 2.45) is 0 Å². The largest absolute Gasteiger partial charge is 0.504 e. The number of rotatable bonds is 5. The zero-order valence-electron chi connectivity index (χ0n) is 16.5. The number of hydrogen-bond donors (Lipinski definition) is 2. The zero-order chi connectivity index (χ0) is 22.7. The van der Waals surface area contributed by atoms with Gasteiger partial charge in [-0.3, -0.25) is 14.9 Å². The molecule has 1 fully saturated rings. The van der Waals surface area contributed by atoms with Gasteiger partial charge in [-0.15, -0.1) is 0 Å². The van der Waals surface area contributed by atoms with Crippen LogP contribution in [0.2, 0.25) is 0 Å². The summed E-state index contributed by atoms with van der Waals surface area (Å²) in [6.45, 7) is 1.89. The van der Waals surface area contributed by atoms with E-state index in [9.17, 15) is 24.3 Å². The van der Waals surface area contributed by atoms with Gasteiger partial charge in [-0.2, -0.15) is 0 Å². The standard InChI is InChI=1S/C21H17IN2O7/c1-3-31-20(28)12-4-6-13(7-5-12)24-19(27)14(18(26)23-21(24)29)8-11-9-15(22)17(25)16(10-11)30-2/h4-10,25H,3H2,1-2H3,(H,23,26,29)/b14-8+. The van der Waals surface area contributed by atoms with E-state index in [1.807, 2.05) is 22.6 Å². The Labute approximate surface area is 190 Å². The van der Waals surface area contributed by atoms with Crippen LogP contribution in [0.4, 0.5) is 10.5 Å². The van der Waals surface area contributed by atoms with Gasteiger partial charge in [0.15, 0.2) is 11.5 Å². The number of methoxy groups -OCH3 is 1. The van der Waals surface area contributed by atoms with E-state index in [-0.39, 0.29) is 34.9 Å². The molecule has 0 radical (unpaired) electrons. The number of halogens is 1. The summed E-state index contributed by atoms with van der Waals surface area (Å²) in [6.07, 6.45) is 1.30. The molecule has 0 spiro atoms. The Morgan fingerprint density at radius 3 is 2.48 bits per heavy atom. The Balaban J connectivity index is 1.97. The van der Waals surface area contributed by atoms with E-state index in [0.29, 0.717) is 9.13 Å². The van der Waals surface area contributed by atoms with Crippen LogP contribution in [0.5, 0.6) is 11.5 Å². The second-order valence-electron chi connectivity index (χ2n) is 6.28. The molecule has 2 aromatic rings. The maximum absolute atomic E-state index is 13.0. The molecule has 0 saturated carbocycles. The number of phenolic OH excluding ortho intramolecular Hbond substituents is 1. The van der Waals surface area contributed by atoms with Crippen molar-refractivity contribution in [2.45, 2.75) is 6.92 Å². The van der Waals surface area contributed by atoms with Crippen molar-refractivity contribution < 1.29 is 33.8 Å². The molecule has 0 bridgehead atoms. The Kier molecular flexibility index (Phi) is 6.59. The smallest absolute Gasteiger partial charge is 0.338 e. The highest BCUT2D eigenvalue weighted by Gasteiger charge is 2.37. The average Bonchev–Trinajstić information content (AvgIpc) is 2.74. The zero-order valence-corrected chi connectivity index (χ0v) is 18.6. The lowest BCUT2D eigenvalue weighted by molar-refractivity contribution is -0.122. The predicted octanol–water partition coefficient (Wildman–Crippen LogP) is 2.85. The first-order valence-corrected chi connectivity index (χ1v) is 10.1. The van der Waals surface area contributed by atoms with E-state index in [4.69, 9.17) is 9.47 Å². The van der Waals surface area contributed by atoms with Gasteiger partial charge in [0.2, 0.25) is 0 Å². The molecule has 1 aliphatic rings. The van der Waals surface area contributed by atoms with Crippen molar-refractivity contribution in [1.82, 2.24) is 5.32 Å². The molecule has 2 N–H and O–H groups in total. The highest BCUT2D eigenvalue weighted by molar-refractivity contribution is 14.1. The number of carbonyl (C=O) groups is 4. The van der Waals surface area contributed by atoms with Gasteiger partial charge >= 0.3 is 12.0 Å². The monoisotopic (exact) mass is 536 g/mol. The van der Waals surface area contributed by atoms with Crippen LogP contribution < -0.4 is 15.0 Å². The number of phenols is 1. The Morgan fingerprint density at radius 1 is 1.19 bits per heavy atom. The van der Waals surface area contributed by atoms with Crippen molar-refractivity contribution >= 4 is 58.2 Å². The molecule has 160 valence electrons. The molecule has 1 saturated heterocycles. The van der Waals surface area contributed by atoms with Crippen LogP contribution in [0.15, 0.2) is 42.0 Å². The number of barbiturate groups is 1. The third-order valence-corrected chi connectivity index (χ3v) is 5.14. The van der Waals surface area contributed by atoms with E-state index in [0.717, 1.165) is 4.90 Å². The van der Waals surface area contributed by atoms with Crippen LogP contribution >= 0.6 is 22.6 Å². The normalized spacial score (nSPS) is 15.1. The quantitative estimate of drug-likeness (QED) is 0.261. The lowest BCUT2D eigenvalue weighted by Gasteiger charge is -2.26. The lowest BCUT2D eigenvalue weighted by Crippen LogP contribution is -2.54. The number of imide groups is 2. The maximum Gasteiger partial charge on any atom is 0.338 e. The Hall–Kier alpha value is -3.41. The summed E-state index contributed by atoms with van der Waals surface area (Å²) in [5.41, 5.74) is 0.571. The number of carbonyl (C=O) groups excluding carboxylic acids is 4. The summed E-state index contributed by atoms with van der Waals surface area (Å²) in [5, 5.41) is 12.1. The highest BCUT2D eigenvalue weighted by atomic mass is 127. The number of amides is 4. The summed E-state index contributed by atoms with van der Waals surface area (Å²) in [7, 11) is 1.38. The SMILES string of the molecule is CCOC(=O)c1ccc(N2C(=O)NC(=O)/C(=C\c3cc(I)c(O)c(OC)c3)C2=O)cc1. The minimum absolute atomic E-state index is 0.0665. The van der Waals surface area contributed by atoms with E-state index in [1.54, 1.807) is 13.0 Å². The Bertz CT molecular complexity index is 1110. The summed E-state index contributed by atoms with van der Waals surface area (Å²) in [4.78, 5) is 50.2. The van der Waals surface area contributed by atoms with Gasteiger partial charge in [0.05, 0.1) is 28.5 Å². The average molecular weight is 536 g/mol. The van der Waals surface area contributed by atoms with E-state index < -0.39 is 23.8 Å². The predicted molar refractivity (Wildman–Crippen MR) is 119 cm³/mol.